The Morgan fingerprint density at radius 1 is 1.32 bits per heavy atom. The SMILES string of the molecule is Cc1ccc(NC(=O)c2ccco2)cc1S(N)(=O)=O. The van der Waals surface area contributed by atoms with Gasteiger partial charge >= 0.3 is 0 Å². The van der Waals surface area contributed by atoms with Crippen molar-refractivity contribution in [1.82, 2.24) is 0 Å². The molecule has 6 nitrogen and oxygen atoms in total. The van der Waals surface area contributed by atoms with E-state index < -0.39 is 15.9 Å². The second kappa shape index (κ2) is 4.87. The van der Waals surface area contributed by atoms with Crippen molar-refractivity contribution in [1.29, 1.82) is 0 Å². The summed E-state index contributed by atoms with van der Waals surface area (Å²) in [6.45, 7) is 1.62. The molecule has 0 spiro atoms. The van der Waals surface area contributed by atoms with Gasteiger partial charge in [0.2, 0.25) is 10.0 Å². The van der Waals surface area contributed by atoms with Crippen molar-refractivity contribution in [3.05, 3.63) is 47.9 Å². The number of nitrogens with one attached hydrogen (secondary N) is 1. The summed E-state index contributed by atoms with van der Waals surface area (Å²) in [5.74, 6) is -0.327. The van der Waals surface area contributed by atoms with E-state index >= 15 is 0 Å². The second-order valence-electron chi connectivity index (χ2n) is 3.96. The smallest absolute Gasteiger partial charge is 0.291 e. The van der Waals surface area contributed by atoms with E-state index in [1.54, 1.807) is 25.1 Å². The highest BCUT2D eigenvalue weighted by Gasteiger charge is 2.14. The lowest BCUT2D eigenvalue weighted by molar-refractivity contribution is 0.0996. The van der Waals surface area contributed by atoms with E-state index in [9.17, 15) is 13.2 Å². The number of rotatable bonds is 3. The van der Waals surface area contributed by atoms with E-state index in [1.165, 1.54) is 18.4 Å². The summed E-state index contributed by atoms with van der Waals surface area (Å²) < 4.78 is 27.7. The molecule has 1 heterocycles. The van der Waals surface area contributed by atoms with Crippen LogP contribution in [0.1, 0.15) is 16.1 Å². The van der Waals surface area contributed by atoms with Gasteiger partial charge in [-0.1, -0.05) is 6.07 Å². The molecule has 2 rings (SSSR count). The monoisotopic (exact) mass is 280 g/mol. The molecule has 0 atom stereocenters. The van der Waals surface area contributed by atoms with Crippen LogP contribution in [0.4, 0.5) is 5.69 Å². The lowest BCUT2D eigenvalue weighted by atomic mass is 10.2. The van der Waals surface area contributed by atoms with Crippen molar-refractivity contribution < 1.29 is 17.6 Å². The van der Waals surface area contributed by atoms with Crippen LogP contribution in [-0.4, -0.2) is 14.3 Å². The maximum atomic E-state index is 11.7. The molecule has 2 aromatic rings. The second-order valence-corrected chi connectivity index (χ2v) is 5.49. The van der Waals surface area contributed by atoms with E-state index in [4.69, 9.17) is 9.56 Å². The molecule has 0 fully saturated rings. The van der Waals surface area contributed by atoms with E-state index in [0.29, 0.717) is 11.3 Å². The van der Waals surface area contributed by atoms with Crippen LogP contribution in [0.5, 0.6) is 0 Å². The molecule has 0 aliphatic carbocycles. The third kappa shape index (κ3) is 3.01. The lowest BCUT2D eigenvalue weighted by Gasteiger charge is -2.07. The number of nitrogens with two attached hydrogens (primary N) is 1. The zero-order chi connectivity index (χ0) is 14.0. The summed E-state index contributed by atoms with van der Waals surface area (Å²) >= 11 is 0. The van der Waals surface area contributed by atoms with Crippen LogP contribution >= 0.6 is 0 Å². The predicted molar refractivity (Wildman–Crippen MR) is 69.2 cm³/mol. The molecule has 3 N–H and O–H groups in total. The van der Waals surface area contributed by atoms with Crippen molar-refractivity contribution in [2.24, 2.45) is 5.14 Å². The van der Waals surface area contributed by atoms with Gasteiger partial charge in [-0.05, 0) is 36.8 Å². The Kier molecular flexibility index (Phi) is 3.41. The van der Waals surface area contributed by atoms with Crippen molar-refractivity contribution >= 4 is 21.6 Å². The average Bonchev–Trinajstić information content (AvgIpc) is 2.83. The lowest BCUT2D eigenvalue weighted by Crippen LogP contribution is -2.15. The fourth-order valence-electron chi connectivity index (χ4n) is 1.58. The van der Waals surface area contributed by atoms with Gasteiger partial charge < -0.3 is 9.73 Å². The first-order valence-electron chi connectivity index (χ1n) is 5.36. The van der Waals surface area contributed by atoms with Crippen LogP contribution in [0.25, 0.3) is 0 Å². The summed E-state index contributed by atoms with van der Waals surface area (Å²) in [6.07, 6.45) is 1.37. The summed E-state index contributed by atoms with van der Waals surface area (Å²) in [4.78, 5) is 11.7. The molecule has 1 amide bonds. The number of primary sulfonamides is 1. The summed E-state index contributed by atoms with van der Waals surface area (Å²) in [5, 5.41) is 7.62. The number of aryl methyl sites for hydroxylation is 1. The molecule has 7 heteroatoms. The van der Waals surface area contributed by atoms with E-state index in [-0.39, 0.29) is 10.7 Å². The van der Waals surface area contributed by atoms with Gasteiger partial charge in [0.25, 0.3) is 5.91 Å². The van der Waals surface area contributed by atoms with Crippen LogP contribution in [0, 0.1) is 6.92 Å². The first-order valence-corrected chi connectivity index (χ1v) is 6.91. The van der Waals surface area contributed by atoms with Crippen LogP contribution in [0.3, 0.4) is 0 Å². The number of furan rings is 1. The van der Waals surface area contributed by atoms with E-state index in [0.717, 1.165) is 0 Å². The molecule has 19 heavy (non-hydrogen) atoms. The Balaban J connectivity index is 2.30. The largest absolute Gasteiger partial charge is 0.459 e. The molecule has 100 valence electrons. The molecule has 0 saturated heterocycles. The van der Waals surface area contributed by atoms with Gasteiger partial charge in [0.15, 0.2) is 5.76 Å². The van der Waals surface area contributed by atoms with Crippen LogP contribution in [0.2, 0.25) is 0 Å². The number of carbonyl (C=O) groups is 1. The Morgan fingerprint density at radius 2 is 2.05 bits per heavy atom. The molecule has 0 bridgehead atoms. The topological polar surface area (TPSA) is 102 Å². The number of anilines is 1. The molecular formula is C12H12N2O4S. The number of sulfonamides is 1. The normalized spacial score (nSPS) is 11.3. The molecule has 0 saturated carbocycles. The minimum Gasteiger partial charge on any atom is -0.459 e. The number of benzene rings is 1. The number of hydrogen-bond donors (Lipinski definition) is 2. The van der Waals surface area contributed by atoms with Gasteiger partial charge in [-0.3, -0.25) is 4.79 Å². The van der Waals surface area contributed by atoms with Crippen LogP contribution in [-0.2, 0) is 10.0 Å². The molecule has 1 aromatic heterocycles. The minimum atomic E-state index is -3.82. The Bertz CT molecular complexity index is 705. The quantitative estimate of drug-likeness (QED) is 0.889. The standard InChI is InChI=1S/C12H12N2O4S/c1-8-4-5-9(7-11(8)19(13,16)17)14-12(15)10-3-2-6-18-10/h2-7H,1H3,(H,14,15)(H2,13,16,17). The van der Waals surface area contributed by atoms with Gasteiger partial charge in [-0.15, -0.1) is 0 Å². The number of amides is 1. The van der Waals surface area contributed by atoms with Crippen molar-refractivity contribution in [2.75, 3.05) is 5.32 Å². The first kappa shape index (κ1) is 13.3. The Hall–Kier alpha value is -2.12. The third-order valence-electron chi connectivity index (χ3n) is 2.50. The van der Waals surface area contributed by atoms with Crippen molar-refractivity contribution in [3.8, 4) is 0 Å². The highest BCUT2D eigenvalue weighted by atomic mass is 32.2. The molecule has 0 radical (unpaired) electrons. The third-order valence-corrected chi connectivity index (χ3v) is 3.55. The zero-order valence-electron chi connectivity index (χ0n) is 10.1. The molecular weight excluding hydrogens is 268 g/mol. The maximum absolute atomic E-state index is 11.7. The predicted octanol–water partition coefficient (Wildman–Crippen LogP) is 1.49. The first-order chi connectivity index (χ1) is 8.88. The minimum absolute atomic E-state index is 0.0234. The molecule has 0 aliphatic rings. The van der Waals surface area contributed by atoms with Crippen LogP contribution in [0.15, 0.2) is 45.9 Å². The van der Waals surface area contributed by atoms with Gasteiger partial charge in [-0.25, -0.2) is 13.6 Å². The highest BCUT2D eigenvalue weighted by molar-refractivity contribution is 7.89. The highest BCUT2D eigenvalue weighted by Crippen LogP contribution is 2.19. The Labute approximate surface area is 110 Å². The molecule has 1 aromatic carbocycles. The fourth-order valence-corrected chi connectivity index (χ4v) is 2.39. The van der Waals surface area contributed by atoms with Gasteiger partial charge in [0, 0.05) is 5.69 Å². The summed E-state index contributed by atoms with van der Waals surface area (Å²) in [6, 6.07) is 7.55. The summed E-state index contributed by atoms with van der Waals surface area (Å²) in [7, 11) is -3.82. The van der Waals surface area contributed by atoms with Crippen molar-refractivity contribution in [2.45, 2.75) is 11.8 Å². The fraction of sp³-hybridized carbons (Fsp3) is 0.0833. The Morgan fingerprint density at radius 3 is 2.63 bits per heavy atom. The van der Waals surface area contributed by atoms with Gasteiger partial charge in [0.05, 0.1) is 11.2 Å². The van der Waals surface area contributed by atoms with Crippen LogP contribution < -0.4 is 10.5 Å². The molecule has 0 aliphatic heterocycles. The number of carbonyl (C=O) groups excluding carboxylic acids is 1. The van der Waals surface area contributed by atoms with E-state index in [2.05, 4.69) is 5.32 Å². The van der Waals surface area contributed by atoms with Gasteiger partial charge in [0.1, 0.15) is 0 Å². The molecule has 0 unspecified atom stereocenters. The maximum Gasteiger partial charge on any atom is 0.291 e. The number of hydrogen-bond acceptors (Lipinski definition) is 4. The average molecular weight is 280 g/mol. The van der Waals surface area contributed by atoms with E-state index in [1.807, 2.05) is 0 Å². The van der Waals surface area contributed by atoms with Crippen molar-refractivity contribution in [3.63, 3.8) is 0 Å². The summed E-state index contributed by atoms with van der Waals surface area (Å²) in [5.41, 5.74) is 0.842. The zero-order valence-corrected chi connectivity index (χ0v) is 10.9. The van der Waals surface area contributed by atoms with Gasteiger partial charge in [-0.2, -0.15) is 0 Å².